The molecule has 1 heterocycles. The number of halogens is 2. The summed E-state index contributed by atoms with van der Waals surface area (Å²) in [6.07, 6.45) is 6.56. The molecule has 0 aliphatic rings. The van der Waals surface area contributed by atoms with E-state index in [-0.39, 0.29) is 30.7 Å². The lowest BCUT2D eigenvalue weighted by atomic mass is 10.1. The monoisotopic (exact) mass is 358 g/mol. The molecule has 0 bridgehead atoms. The van der Waals surface area contributed by atoms with Crippen LogP contribution in [0.4, 0.5) is 0 Å². The van der Waals surface area contributed by atoms with Crippen molar-refractivity contribution in [2.24, 2.45) is 0 Å². The highest BCUT2D eigenvalue weighted by molar-refractivity contribution is 5.94. The number of rotatable bonds is 8. The molecule has 7 heteroatoms. The summed E-state index contributed by atoms with van der Waals surface area (Å²) in [4.78, 5) is 16.0. The van der Waals surface area contributed by atoms with E-state index in [9.17, 15) is 4.79 Å². The van der Waals surface area contributed by atoms with Crippen LogP contribution in [0.5, 0.6) is 0 Å². The Kier molecular flexibility index (Phi) is 11.1. The molecule has 0 spiro atoms. The fourth-order valence-electron chi connectivity index (χ4n) is 2.02. The predicted molar refractivity (Wildman–Crippen MR) is 97.8 cm³/mol. The molecule has 23 heavy (non-hydrogen) atoms. The molecule has 128 valence electrons. The lowest BCUT2D eigenvalue weighted by molar-refractivity contribution is 0.0954. The van der Waals surface area contributed by atoms with E-state index in [1.165, 1.54) is 0 Å². The molecule has 5 nitrogen and oxygen atoms in total. The average Bonchev–Trinajstić information content (AvgIpc) is 3.00. The first kappa shape index (κ1) is 21.4. The maximum Gasteiger partial charge on any atom is 0.251 e. The Labute approximate surface area is 149 Å². The second kappa shape index (κ2) is 11.9. The Hall–Kier alpha value is -1.56. The number of amides is 1. The third-order valence-corrected chi connectivity index (χ3v) is 3.15. The van der Waals surface area contributed by atoms with Gasteiger partial charge >= 0.3 is 0 Å². The van der Waals surface area contributed by atoms with E-state index in [0.29, 0.717) is 12.1 Å². The highest BCUT2D eigenvalue weighted by atomic mass is 35.5. The van der Waals surface area contributed by atoms with Gasteiger partial charge in [-0.1, -0.05) is 19.1 Å². The summed E-state index contributed by atoms with van der Waals surface area (Å²) >= 11 is 0. The van der Waals surface area contributed by atoms with E-state index in [1.807, 2.05) is 35.0 Å². The fourth-order valence-corrected chi connectivity index (χ4v) is 2.02. The highest BCUT2D eigenvalue weighted by Gasteiger charge is 2.04. The van der Waals surface area contributed by atoms with Gasteiger partial charge in [0, 0.05) is 37.6 Å². The van der Waals surface area contributed by atoms with Gasteiger partial charge in [-0.25, -0.2) is 4.98 Å². The van der Waals surface area contributed by atoms with Crippen LogP contribution in [0.1, 0.15) is 29.3 Å². The topological polar surface area (TPSA) is 58.9 Å². The number of benzene rings is 1. The molecule has 0 fully saturated rings. The summed E-state index contributed by atoms with van der Waals surface area (Å²) in [6.45, 7) is 5.33. The molecule has 0 saturated heterocycles. The van der Waals surface area contributed by atoms with Crippen molar-refractivity contribution in [2.75, 3.05) is 19.6 Å². The third-order valence-electron chi connectivity index (χ3n) is 3.15. The van der Waals surface area contributed by atoms with Crippen LogP contribution < -0.4 is 10.6 Å². The molecule has 0 atom stereocenters. The number of hydrogen-bond acceptors (Lipinski definition) is 3. The number of imidazole rings is 1. The van der Waals surface area contributed by atoms with Crippen molar-refractivity contribution in [2.45, 2.75) is 19.9 Å². The third kappa shape index (κ3) is 7.50. The zero-order valence-electron chi connectivity index (χ0n) is 13.2. The molecule has 0 unspecified atom stereocenters. The number of aromatic nitrogens is 2. The van der Waals surface area contributed by atoms with Gasteiger partial charge < -0.3 is 15.2 Å². The Morgan fingerprint density at radius 2 is 1.87 bits per heavy atom. The Morgan fingerprint density at radius 3 is 2.48 bits per heavy atom. The van der Waals surface area contributed by atoms with Crippen molar-refractivity contribution >= 4 is 30.7 Å². The van der Waals surface area contributed by atoms with Gasteiger partial charge in [0.1, 0.15) is 0 Å². The molecular formula is C16H24Cl2N4O. The van der Waals surface area contributed by atoms with E-state index in [0.717, 1.165) is 31.6 Å². The maximum absolute atomic E-state index is 12.0. The maximum atomic E-state index is 12.0. The molecule has 1 aromatic carbocycles. The molecule has 0 aliphatic heterocycles. The van der Waals surface area contributed by atoms with E-state index >= 15 is 0 Å². The number of hydrogen-bond donors (Lipinski definition) is 2. The van der Waals surface area contributed by atoms with Crippen molar-refractivity contribution in [3.05, 3.63) is 54.1 Å². The van der Waals surface area contributed by atoms with Crippen LogP contribution in [-0.2, 0) is 6.54 Å². The van der Waals surface area contributed by atoms with Crippen LogP contribution in [0.25, 0.3) is 0 Å². The van der Waals surface area contributed by atoms with Crippen LogP contribution in [-0.4, -0.2) is 35.1 Å². The van der Waals surface area contributed by atoms with Gasteiger partial charge in [0.05, 0.1) is 6.33 Å². The minimum absolute atomic E-state index is 0. The molecule has 2 aromatic rings. The Balaban J connectivity index is 0.00000242. The summed E-state index contributed by atoms with van der Waals surface area (Å²) in [7, 11) is 0. The highest BCUT2D eigenvalue weighted by Crippen LogP contribution is 2.06. The molecule has 0 saturated carbocycles. The molecule has 1 amide bonds. The lowest BCUT2D eigenvalue weighted by Gasteiger charge is -2.07. The average molecular weight is 359 g/mol. The number of carbonyl (C=O) groups excluding carboxylic acids is 1. The minimum atomic E-state index is -0.0255. The normalized spacial score (nSPS) is 9.61. The van der Waals surface area contributed by atoms with Crippen molar-refractivity contribution in [3.8, 4) is 0 Å². The largest absolute Gasteiger partial charge is 0.351 e. The van der Waals surface area contributed by atoms with Crippen LogP contribution in [0, 0.1) is 0 Å². The standard InChI is InChI=1S/C16H22N4O.2ClH/c1-2-7-17-8-9-19-16(21)15-5-3-14(4-6-15)12-20-11-10-18-13-20;;/h3-6,10-11,13,17H,2,7-9,12H2,1H3,(H,19,21);2*1H. The van der Waals surface area contributed by atoms with Crippen molar-refractivity contribution in [3.63, 3.8) is 0 Å². The molecule has 0 aliphatic carbocycles. The van der Waals surface area contributed by atoms with Gasteiger partial charge in [0.15, 0.2) is 0 Å². The van der Waals surface area contributed by atoms with Gasteiger partial charge in [-0.05, 0) is 30.7 Å². The van der Waals surface area contributed by atoms with Crippen LogP contribution >= 0.6 is 24.8 Å². The number of nitrogens with one attached hydrogen (secondary N) is 2. The second-order valence-electron chi connectivity index (χ2n) is 4.94. The Morgan fingerprint density at radius 1 is 1.13 bits per heavy atom. The van der Waals surface area contributed by atoms with Gasteiger partial charge in [-0.2, -0.15) is 0 Å². The first-order chi connectivity index (χ1) is 10.3. The van der Waals surface area contributed by atoms with Gasteiger partial charge in [-0.15, -0.1) is 24.8 Å². The number of carbonyl (C=O) groups is 1. The smallest absolute Gasteiger partial charge is 0.251 e. The summed E-state index contributed by atoms with van der Waals surface area (Å²) in [5.74, 6) is -0.0255. The van der Waals surface area contributed by atoms with E-state index < -0.39 is 0 Å². The summed E-state index contributed by atoms with van der Waals surface area (Å²) < 4.78 is 1.99. The van der Waals surface area contributed by atoms with Crippen LogP contribution in [0.3, 0.4) is 0 Å². The van der Waals surface area contributed by atoms with E-state index in [1.54, 1.807) is 12.5 Å². The van der Waals surface area contributed by atoms with Crippen molar-refractivity contribution < 1.29 is 4.79 Å². The SMILES string of the molecule is CCCNCCNC(=O)c1ccc(Cn2ccnc2)cc1.Cl.Cl. The zero-order valence-corrected chi connectivity index (χ0v) is 14.8. The Bertz CT molecular complexity index is 544. The van der Waals surface area contributed by atoms with E-state index in [2.05, 4.69) is 22.5 Å². The van der Waals surface area contributed by atoms with Crippen molar-refractivity contribution in [1.29, 1.82) is 0 Å². The second-order valence-corrected chi connectivity index (χ2v) is 4.94. The van der Waals surface area contributed by atoms with Crippen molar-refractivity contribution in [1.82, 2.24) is 20.2 Å². The van der Waals surface area contributed by atoms with Gasteiger partial charge in [0.2, 0.25) is 0 Å². The fraction of sp³-hybridized carbons (Fsp3) is 0.375. The lowest BCUT2D eigenvalue weighted by Crippen LogP contribution is -2.32. The van der Waals surface area contributed by atoms with Crippen LogP contribution in [0.2, 0.25) is 0 Å². The van der Waals surface area contributed by atoms with Gasteiger partial charge in [0.25, 0.3) is 5.91 Å². The molecular weight excluding hydrogens is 335 g/mol. The van der Waals surface area contributed by atoms with Crippen LogP contribution in [0.15, 0.2) is 43.0 Å². The summed E-state index contributed by atoms with van der Waals surface area (Å²) in [5, 5.41) is 6.16. The molecule has 1 aromatic heterocycles. The van der Waals surface area contributed by atoms with E-state index in [4.69, 9.17) is 0 Å². The molecule has 2 rings (SSSR count). The predicted octanol–water partition coefficient (Wildman–Crippen LogP) is 2.50. The first-order valence-corrected chi connectivity index (χ1v) is 7.33. The summed E-state index contributed by atoms with van der Waals surface area (Å²) in [5.41, 5.74) is 1.84. The molecule has 0 radical (unpaired) electrons. The van der Waals surface area contributed by atoms with Gasteiger partial charge in [-0.3, -0.25) is 4.79 Å². The first-order valence-electron chi connectivity index (χ1n) is 7.33. The zero-order chi connectivity index (χ0) is 14.9. The molecule has 2 N–H and O–H groups in total. The quantitative estimate of drug-likeness (QED) is 0.712. The number of nitrogens with zero attached hydrogens (tertiary/aromatic N) is 2. The summed E-state index contributed by atoms with van der Waals surface area (Å²) in [6, 6.07) is 7.68. The minimum Gasteiger partial charge on any atom is -0.351 e.